The third-order valence-corrected chi connectivity index (χ3v) is 6.65. The van der Waals surface area contributed by atoms with Crippen LogP contribution in [-0.4, -0.2) is 43.1 Å². The van der Waals surface area contributed by atoms with E-state index in [1.54, 1.807) is 0 Å². The van der Waals surface area contributed by atoms with Gasteiger partial charge < -0.3 is 28.5 Å². The van der Waals surface area contributed by atoms with Gasteiger partial charge in [-0.3, -0.25) is 4.90 Å². The Kier molecular flexibility index (Phi) is 6.10. The summed E-state index contributed by atoms with van der Waals surface area (Å²) >= 11 is 0. The van der Waals surface area contributed by atoms with E-state index in [4.69, 9.17) is 0 Å². The van der Waals surface area contributed by atoms with Gasteiger partial charge in [0.05, 0.1) is 26.7 Å². The second kappa shape index (κ2) is 7.99. The lowest BCUT2D eigenvalue weighted by Gasteiger charge is -2.43. The van der Waals surface area contributed by atoms with E-state index in [2.05, 4.69) is 86.7 Å². The molecule has 2 nitrogen and oxygen atoms in total. The molecule has 4 unspecified atom stereocenters. The van der Waals surface area contributed by atoms with Gasteiger partial charge in [-0.1, -0.05) is 60.7 Å². The molecule has 2 aliphatic heterocycles. The van der Waals surface area contributed by atoms with Gasteiger partial charge in [0.1, 0.15) is 6.04 Å². The largest absolute Gasteiger partial charge is 1.00 e. The number of hydrogen-bond donors (Lipinski definition) is 0. The molecule has 0 amide bonds. The van der Waals surface area contributed by atoms with Gasteiger partial charge >= 0.3 is 0 Å². The Bertz CT molecular complexity index is 701. The highest BCUT2D eigenvalue weighted by Crippen LogP contribution is 2.47. The third-order valence-electron chi connectivity index (χ3n) is 6.65. The van der Waals surface area contributed by atoms with Gasteiger partial charge in [-0.05, 0) is 31.0 Å². The van der Waals surface area contributed by atoms with Gasteiger partial charge in [0, 0.05) is 18.4 Å². The first kappa shape index (κ1) is 19.8. The van der Waals surface area contributed by atoms with E-state index in [0.29, 0.717) is 18.1 Å². The van der Waals surface area contributed by atoms with Crippen molar-refractivity contribution >= 4 is 0 Å². The molecular formula is C23H31IN2. The van der Waals surface area contributed by atoms with Crippen LogP contribution in [0, 0.1) is 5.92 Å². The minimum atomic E-state index is 0. The Labute approximate surface area is 175 Å². The van der Waals surface area contributed by atoms with Crippen LogP contribution in [-0.2, 0) is 0 Å². The van der Waals surface area contributed by atoms with E-state index in [9.17, 15) is 0 Å². The normalized spacial score (nSPS) is 30.9. The minimum Gasteiger partial charge on any atom is -1.00 e. The molecule has 26 heavy (non-hydrogen) atoms. The number of likely N-dealkylation sites (tertiary alicyclic amines) is 1. The number of quaternary nitrogens is 1. The first-order valence-corrected chi connectivity index (χ1v) is 9.72. The fourth-order valence-electron chi connectivity index (χ4n) is 5.61. The smallest absolute Gasteiger partial charge is 0.109 e. The molecule has 4 rings (SSSR count). The summed E-state index contributed by atoms with van der Waals surface area (Å²) in [4.78, 5) is 2.70. The second-order valence-electron chi connectivity index (χ2n) is 8.60. The summed E-state index contributed by atoms with van der Waals surface area (Å²) in [5, 5.41) is 0. The van der Waals surface area contributed by atoms with Crippen LogP contribution in [0.1, 0.15) is 42.5 Å². The highest BCUT2D eigenvalue weighted by molar-refractivity contribution is 5.25. The van der Waals surface area contributed by atoms with Crippen LogP contribution >= 0.6 is 0 Å². The molecule has 2 bridgehead atoms. The second-order valence-corrected chi connectivity index (χ2v) is 8.60. The van der Waals surface area contributed by atoms with Gasteiger partial charge in [-0.15, -0.1) is 0 Å². The molecule has 140 valence electrons. The van der Waals surface area contributed by atoms with E-state index in [0.717, 1.165) is 10.4 Å². The summed E-state index contributed by atoms with van der Waals surface area (Å²) in [5.41, 5.74) is 2.96. The maximum Gasteiger partial charge on any atom is 0.109 e. The molecule has 0 spiro atoms. The Morgan fingerprint density at radius 2 is 1.35 bits per heavy atom. The fraction of sp³-hybridized carbons (Fsp3) is 0.478. The Hall–Kier alpha value is -0.910. The number of halogens is 1. The number of fused-ring (bicyclic) bond motifs is 3. The van der Waals surface area contributed by atoms with Crippen LogP contribution in [0.15, 0.2) is 60.7 Å². The molecule has 2 aliphatic rings. The number of benzene rings is 2. The van der Waals surface area contributed by atoms with Crippen molar-refractivity contribution in [2.75, 3.05) is 27.7 Å². The van der Waals surface area contributed by atoms with Crippen LogP contribution in [0.25, 0.3) is 0 Å². The average Bonchev–Trinajstić information content (AvgIpc) is 2.80. The van der Waals surface area contributed by atoms with Crippen LogP contribution < -0.4 is 24.0 Å². The van der Waals surface area contributed by atoms with Crippen molar-refractivity contribution in [2.24, 2.45) is 5.92 Å². The predicted molar refractivity (Wildman–Crippen MR) is 104 cm³/mol. The molecule has 0 radical (unpaired) electrons. The van der Waals surface area contributed by atoms with Gasteiger partial charge in [-0.2, -0.15) is 0 Å². The SMILES string of the molecule is CN1C(c2ccccc2)C2CCCC(C1c1ccccc1)[N+](C)(C)C2.[I-]. The maximum atomic E-state index is 2.70. The average molecular weight is 462 g/mol. The quantitative estimate of drug-likeness (QED) is 0.485. The topological polar surface area (TPSA) is 3.24 Å². The minimum absolute atomic E-state index is 0. The summed E-state index contributed by atoms with van der Waals surface area (Å²) in [6.07, 6.45) is 4.04. The van der Waals surface area contributed by atoms with E-state index in [1.807, 2.05) is 0 Å². The predicted octanol–water partition coefficient (Wildman–Crippen LogP) is 1.66. The van der Waals surface area contributed by atoms with Crippen LogP contribution in [0.3, 0.4) is 0 Å². The van der Waals surface area contributed by atoms with Crippen molar-refractivity contribution in [1.82, 2.24) is 4.90 Å². The molecule has 0 saturated carbocycles. The summed E-state index contributed by atoms with van der Waals surface area (Å²) in [6, 6.07) is 24.0. The van der Waals surface area contributed by atoms with E-state index in [-0.39, 0.29) is 24.0 Å². The Morgan fingerprint density at radius 1 is 0.808 bits per heavy atom. The highest BCUT2D eigenvalue weighted by Gasteiger charge is 2.49. The van der Waals surface area contributed by atoms with E-state index in [1.165, 1.54) is 36.9 Å². The van der Waals surface area contributed by atoms with Gasteiger partial charge in [0.2, 0.25) is 0 Å². The van der Waals surface area contributed by atoms with Crippen molar-refractivity contribution in [1.29, 1.82) is 0 Å². The maximum absolute atomic E-state index is 2.70. The summed E-state index contributed by atoms with van der Waals surface area (Å²) in [5.74, 6) is 0.723. The molecule has 2 heterocycles. The molecule has 3 heteroatoms. The monoisotopic (exact) mass is 462 g/mol. The molecule has 2 saturated heterocycles. The standard InChI is InChI=1S/C23H31N2.HI/c1-24-22(18-11-6-4-7-12-18)20-15-10-16-21(25(2,3)17-20)23(24)19-13-8-5-9-14-19;/h4-9,11-14,20-23H,10,15-17H2,1-3H3;1H/q+1;/p-1. The highest BCUT2D eigenvalue weighted by atomic mass is 127. The molecule has 0 aromatic heterocycles. The van der Waals surface area contributed by atoms with Crippen molar-refractivity contribution < 1.29 is 28.5 Å². The molecule has 0 aliphatic carbocycles. The lowest BCUT2D eigenvalue weighted by molar-refractivity contribution is -0.918. The molecule has 2 fully saturated rings. The van der Waals surface area contributed by atoms with Crippen molar-refractivity contribution in [2.45, 2.75) is 37.4 Å². The van der Waals surface area contributed by atoms with Crippen LogP contribution in [0.4, 0.5) is 0 Å². The number of nitrogens with zero attached hydrogens (tertiary/aromatic N) is 2. The van der Waals surface area contributed by atoms with Crippen LogP contribution in [0.2, 0.25) is 0 Å². The molecule has 0 N–H and O–H groups in total. The summed E-state index contributed by atoms with van der Waals surface area (Å²) < 4.78 is 1.14. The summed E-state index contributed by atoms with van der Waals surface area (Å²) in [6.45, 7) is 1.28. The zero-order valence-electron chi connectivity index (χ0n) is 16.2. The van der Waals surface area contributed by atoms with Crippen molar-refractivity contribution in [3.05, 3.63) is 71.8 Å². The van der Waals surface area contributed by atoms with Crippen molar-refractivity contribution in [3.8, 4) is 0 Å². The molecular weight excluding hydrogens is 431 g/mol. The molecule has 4 atom stereocenters. The van der Waals surface area contributed by atoms with E-state index < -0.39 is 0 Å². The lowest BCUT2D eigenvalue weighted by atomic mass is 9.84. The molecule has 2 aromatic rings. The van der Waals surface area contributed by atoms with Gasteiger partial charge in [0.25, 0.3) is 0 Å². The lowest BCUT2D eigenvalue weighted by Crippen LogP contribution is -3.00. The Morgan fingerprint density at radius 3 is 1.92 bits per heavy atom. The van der Waals surface area contributed by atoms with Gasteiger partial charge in [0.15, 0.2) is 0 Å². The van der Waals surface area contributed by atoms with Crippen LogP contribution in [0.5, 0.6) is 0 Å². The fourth-order valence-corrected chi connectivity index (χ4v) is 5.61. The first-order chi connectivity index (χ1) is 12.1. The van der Waals surface area contributed by atoms with Crippen molar-refractivity contribution in [3.63, 3.8) is 0 Å². The zero-order valence-corrected chi connectivity index (χ0v) is 18.3. The number of likely N-dealkylation sites (N-methyl/N-ethyl adjacent to an activating group) is 2. The number of rotatable bonds is 2. The summed E-state index contributed by atoms with van der Waals surface area (Å²) in [7, 11) is 7.28. The number of hydrogen-bond acceptors (Lipinski definition) is 1. The Balaban J connectivity index is 0.00000196. The third kappa shape index (κ3) is 3.58. The first-order valence-electron chi connectivity index (χ1n) is 9.72. The zero-order chi connectivity index (χ0) is 17.4. The molecule has 2 aromatic carbocycles. The van der Waals surface area contributed by atoms with E-state index >= 15 is 0 Å². The van der Waals surface area contributed by atoms with Gasteiger partial charge in [-0.25, -0.2) is 0 Å².